The molecule has 2 aromatic carbocycles. The largest absolute Gasteiger partial charge is 0.327 e. The van der Waals surface area contributed by atoms with Gasteiger partial charge in [-0.15, -0.1) is 0 Å². The summed E-state index contributed by atoms with van der Waals surface area (Å²) in [5.74, 6) is -1.29. The zero-order valence-corrected chi connectivity index (χ0v) is 18.0. The zero-order valence-electron chi connectivity index (χ0n) is 18.0. The molecule has 0 spiro atoms. The Morgan fingerprint density at radius 3 is 2.55 bits per heavy atom. The molecule has 2 unspecified atom stereocenters. The molecule has 33 heavy (non-hydrogen) atoms. The highest BCUT2D eigenvalue weighted by molar-refractivity contribution is 5.98. The van der Waals surface area contributed by atoms with Crippen LogP contribution in [0, 0.1) is 11.6 Å². The average molecular weight is 445 g/mol. The van der Waals surface area contributed by atoms with E-state index in [1.807, 2.05) is 11.0 Å². The van der Waals surface area contributed by atoms with E-state index in [1.54, 1.807) is 36.3 Å². The first-order valence-electron chi connectivity index (χ1n) is 11.1. The van der Waals surface area contributed by atoms with Gasteiger partial charge in [-0.25, -0.2) is 8.78 Å². The van der Waals surface area contributed by atoms with Crippen LogP contribution >= 0.6 is 0 Å². The Morgan fingerprint density at radius 1 is 1.00 bits per heavy atom. The highest BCUT2D eigenvalue weighted by atomic mass is 19.1. The minimum absolute atomic E-state index is 0.00246. The molecule has 4 heterocycles. The minimum Gasteiger partial charge on any atom is -0.327 e. The molecule has 2 aliphatic heterocycles. The van der Waals surface area contributed by atoms with Gasteiger partial charge in [-0.3, -0.25) is 19.4 Å². The maximum Gasteiger partial charge on any atom is 0.254 e. The molecule has 6 nitrogen and oxygen atoms in total. The van der Waals surface area contributed by atoms with Crippen molar-refractivity contribution in [1.29, 1.82) is 0 Å². The average Bonchev–Trinajstić information content (AvgIpc) is 3.13. The Morgan fingerprint density at radius 2 is 1.76 bits per heavy atom. The maximum atomic E-state index is 13.9. The van der Waals surface area contributed by atoms with Crippen molar-refractivity contribution in [2.24, 2.45) is 7.05 Å². The summed E-state index contributed by atoms with van der Waals surface area (Å²) in [6.07, 6.45) is 6.53. The van der Waals surface area contributed by atoms with E-state index in [-0.39, 0.29) is 18.0 Å². The summed E-state index contributed by atoms with van der Waals surface area (Å²) in [6.45, 7) is 0. The van der Waals surface area contributed by atoms with Crippen LogP contribution in [0.25, 0.3) is 22.3 Å². The third-order valence-electron chi connectivity index (χ3n) is 6.76. The molecule has 2 aliphatic rings. The van der Waals surface area contributed by atoms with Gasteiger partial charge in [-0.05, 0) is 56.0 Å². The summed E-state index contributed by atoms with van der Waals surface area (Å²) in [4.78, 5) is 24.2. The lowest BCUT2D eigenvalue weighted by Crippen LogP contribution is -2.49. The van der Waals surface area contributed by atoms with Crippen LogP contribution in [0.1, 0.15) is 46.9 Å². The van der Waals surface area contributed by atoms with Crippen LogP contribution in [-0.4, -0.2) is 36.6 Å². The van der Waals surface area contributed by atoms with Gasteiger partial charge in [0, 0.05) is 48.2 Å². The van der Waals surface area contributed by atoms with Crippen LogP contribution in [0.4, 0.5) is 8.78 Å². The molecule has 4 aromatic rings. The molecule has 6 rings (SSSR count). The van der Waals surface area contributed by atoms with E-state index in [0.717, 1.165) is 42.1 Å². The highest BCUT2D eigenvalue weighted by Gasteiger charge is 2.43. The second-order valence-electron chi connectivity index (χ2n) is 8.77. The summed E-state index contributed by atoms with van der Waals surface area (Å²) in [5.41, 5.74) is 4.98. The van der Waals surface area contributed by atoms with E-state index >= 15 is 0 Å². The van der Waals surface area contributed by atoms with Gasteiger partial charge in [-0.2, -0.15) is 5.10 Å². The first-order valence-corrected chi connectivity index (χ1v) is 11.1. The predicted octanol–water partition coefficient (Wildman–Crippen LogP) is 4.60. The Labute approximate surface area is 188 Å². The van der Waals surface area contributed by atoms with Gasteiger partial charge in [0.1, 0.15) is 11.6 Å². The molecule has 0 aliphatic carbocycles. The molecular formula is C25H21F2N5O. The summed E-state index contributed by atoms with van der Waals surface area (Å²) >= 11 is 0. The van der Waals surface area contributed by atoms with Crippen LogP contribution in [0.3, 0.4) is 0 Å². The number of hydrogen-bond acceptors (Lipinski definition) is 4. The molecule has 1 fully saturated rings. The Kier molecular flexibility index (Phi) is 4.50. The van der Waals surface area contributed by atoms with Crippen LogP contribution in [0.5, 0.6) is 0 Å². The number of carbonyl (C=O) groups excluding carboxylic acids is 1. The number of rotatable bonds is 2. The zero-order chi connectivity index (χ0) is 22.7. The van der Waals surface area contributed by atoms with E-state index in [2.05, 4.69) is 9.97 Å². The molecule has 0 saturated carbocycles. The number of halogens is 2. The van der Waals surface area contributed by atoms with Gasteiger partial charge in [0.25, 0.3) is 5.91 Å². The fourth-order valence-electron chi connectivity index (χ4n) is 5.45. The summed E-state index contributed by atoms with van der Waals surface area (Å²) in [5, 5.41) is 4.74. The summed E-state index contributed by atoms with van der Waals surface area (Å²) in [7, 11) is 1.79. The lowest BCUT2D eigenvalue weighted by Gasteiger charge is -2.45. The van der Waals surface area contributed by atoms with E-state index in [9.17, 15) is 13.6 Å². The number of aromatic nitrogens is 4. The summed E-state index contributed by atoms with van der Waals surface area (Å²) < 4.78 is 29.6. The fourth-order valence-corrected chi connectivity index (χ4v) is 5.45. The predicted molar refractivity (Wildman–Crippen MR) is 118 cm³/mol. The van der Waals surface area contributed by atoms with Gasteiger partial charge >= 0.3 is 0 Å². The van der Waals surface area contributed by atoms with E-state index in [0.29, 0.717) is 28.8 Å². The third-order valence-corrected chi connectivity index (χ3v) is 6.76. The van der Waals surface area contributed by atoms with Crippen molar-refractivity contribution in [3.63, 3.8) is 0 Å². The van der Waals surface area contributed by atoms with Gasteiger partial charge in [0.15, 0.2) is 0 Å². The standard InChI is InChI=1S/C25H21F2N5O/c1-31-24(15-9-16(26)12-17(27)10-15)19-13-18-3-2-4-22(23(19)30-31)32(18)25(33)14-5-6-20-21(11-14)29-8-7-28-20/h5-12,18,22H,2-4,13H2,1H3. The number of hydrogen-bond donors (Lipinski definition) is 0. The van der Waals surface area contributed by atoms with Crippen molar-refractivity contribution in [1.82, 2.24) is 24.6 Å². The lowest BCUT2D eigenvalue weighted by atomic mass is 9.81. The molecule has 0 radical (unpaired) electrons. The van der Waals surface area contributed by atoms with Crippen LogP contribution in [0.2, 0.25) is 0 Å². The number of carbonyl (C=O) groups is 1. The molecule has 2 bridgehead atoms. The first-order chi connectivity index (χ1) is 16.0. The van der Waals surface area contributed by atoms with Crippen molar-refractivity contribution in [3.8, 4) is 11.3 Å². The second-order valence-corrected chi connectivity index (χ2v) is 8.77. The SMILES string of the molecule is Cn1nc2c(c1-c1cc(F)cc(F)c1)CC1CCCC2N1C(=O)c1ccc2nccnc2c1. The van der Waals surface area contributed by atoms with E-state index < -0.39 is 11.6 Å². The molecule has 1 amide bonds. The minimum atomic E-state index is -0.618. The van der Waals surface area contributed by atoms with Crippen molar-refractivity contribution in [2.45, 2.75) is 37.8 Å². The number of nitrogens with zero attached hydrogens (tertiary/aromatic N) is 5. The quantitative estimate of drug-likeness (QED) is 0.452. The number of aryl methyl sites for hydroxylation is 1. The van der Waals surface area contributed by atoms with Crippen LogP contribution < -0.4 is 0 Å². The van der Waals surface area contributed by atoms with Crippen molar-refractivity contribution < 1.29 is 13.6 Å². The third kappa shape index (κ3) is 3.20. The van der Waals surface area contributed by atoms with Gasteiger partial charge in [-0.1, -0.05) is 0 Å². The molecule has 166 valence electrons. The number of benzene rings is 2. The number of piperidine rings is 1. The summed E-state index contributed by atoms with van der Waals surface area (Å²) in [6, 6.07) is 8.78. The topological polar surface area (TPSA) is 63.9 Å². The van der Waals surface area contributed by atoms with Crippen molar-refractivity contribution in [3.05, 3.63) is 77.2 Å². The second kappa shape index (κ2) is 7.43. The number of fused-ring (bicyclic) bond motifs is 5. The van der Waals surface area contributed by atoms with Gasteiger partial charge in [0.2, 0.25) is 0 Å². The Hall–Kier alpha value is -3.68. The van der Waals surface area contributed by atoms with Crippen molar-refractivity contribution in [2.75, 3.05) is 0 Å². The number of amides is 1. The maximum absolute atomic E-state index is 13.9. The molecule has 0 N–H and O–H groups in total. The van der Waals surface area contributed by atoms with E-state index in [1.165, 1.54) is 12.1 Å². The molecular weight excluding hydrogens is 424 g/mol. The van der Waals surface area contributed by atoms with Crippen LogP contribution in [0.15, 0.2) is 48.8 Å². The highest BCUT2D eigenvalue weighted by Crippen LogP contribution is 2.45. The van der Waals surface area contributed by atoms with E-state index in [4.69, 9.17) is 5.10 Å². The molecule has 2 aromatic heterocycles. The molecule has 2 atom stereocenters. The monoisotopic (exact) mass is 445 g/mol. The fraction of sp³-hybridized carbons (Fsp3) is 0.280. The Balaban J connectivity index is 1.42. The molecule has 8 heteroatoms. The van der Waals surface area contributed by atoms with Gasteiger partial charge in [0.05, 0.1) is 28.5 Å². The first kappa shape index (κ1) is 20.0. The smallest absolute Gasteiger partial charge is 0.254 e. The molecule has 1 saturated heterocycles. The van der Waals surface area contributed by atoms with Crippen LogP contribution in [-0.2, 0) is 13.5 Å². The lowest BCUT2D eigenvalue weighted by molar-refractivity contribution is 0.0392. The Bertz CT molecular complexity index is 1400. The van der Waals surface area contributed by atoms with Crippen molar-refractivity contribution >= 4 is 16.9 Å². The van der Waals surface area contributed by atoms with Gasteiger partial charge < -0.3 is 4.90 Å². The normalized spacial score (nSPS) is 19.5.